The van der Waals surface area contributed by atoms with Crippen molar-refractivity contribution in [3.8, 4) is 0 Å². The molecule has 1 rings (SSSR count). The molecule has 0 unspecified atom stereocenters. The monoisotopic (exact) mass is 330 g/mol. The van der Waals surface area contributed by atoms with E-state index in [0.29, 0.717) is 0 Å². The van der Waals surface area contributed by atoms with Crippen LogP contribution >= 0.6 is 18.8 Å². The fraction of sp³-hybridized carbons (Fsp3) is 0.200. The molecule has 0 bridgehead atoms. The second-order valence-corrected chi connectivity index (χ2v) is 4.33. The Bertz CT molecular complexity index is 78.4. The zero-order chi connectivity index (χ0) is 6.24. The molecule has 8 heavy (non-hydrogen) atoms. The van der Waals surface area contributed by atoms with Gasteiger partial charge in [-0.3, -0.25) is 6.08 Å². The second-order valence-electron chi connectivity index (χ2n) is 1.05. The van der Waals surface area contributed by atoms with E-state index in [0.717, 1.165) is 6.42 Å². The summed E-state index contributed by atoms with van der Waals surface area (Å²) in [6.07, 6.45) is 10.0. The van der Waals surface area contributed by atoms with Gasteiger partial charge in [0.25, 0.3) is 0 Å². The van der Waals surface area contributed by atoms with Crippen LogP contribution in [0.25, 0.3) is 0 Å². The molecule has 0 aliphatic heterocycles. The van der Waals surface area contributed by atoms with Gasteiger partial charge in [0.05, 0.1) is 0 Å². The molecule has 0 N–H and O–H groups in total. The van der Waals surface area contributed by atoms with Crippen LogP contribution in [-0.4, -0.2) is 0 Å². The molecule has 0 aromatic rings. The number of hydrogen-bond donors (Lipinski definition) is 0. The van der Waals surface area contributed by atoms with Crippen LogP contribution in [0.3, 0.4) is 0 Å². The summed E-state index contributed by atoms with van der Waals surface area (Å²) in [5, 5.41) is 0. The Morgan fingerprint density at radius 3 is 2.25 bits per heavy atom. The van der Waals surface area contributed by atoms with Crippen molar-refractivity contribution >= 4 is 18.8 Å². The number of rotatable bonds is 0. The van der Waals surface area contributed by atoms with Gasteiger partial charge in [-0.1, -0.05) is 0 Å². The van der Waals surface area contributed by atoms with Gasteiger partial charge in [0.2, 0.25) is 0 Å². The second kappa shape index (κ2) is 7.75. The Hall–Kier alpha value is 0.748. The van der Waals surface area contributed by atoms with Crippen LogP contribution in [0.4, 0.5) is 0 Å². The van der Waals surface area contributed by atoms with E-state index in [1.807, 2.05) is 12.2 Å². The number of hydrogen-bond acceptors (Lipinski definition) is 0. The average Bonchev–Trinajstić information content (AvgIpc) is 2.17. The first-order valence-electron chi connectivity index (χ1n) is 1.96. The molecule has 1 aliphatic rings. The van der Waals surface area contributed by atoms with Gasteiger partial charge >= 0.3 is 35.3 Å². The first kappa shape index (κ1) is 8.75. The number of halogens is 2. The summed E-state index contributed by atoms with van der Waals surface area (Å²) in [6.45, 7) is 0. The third-order valence-corrected chi connectivity index (χ3v) is 0.586. The van der Waals surface area contributed by atoms with Crippen molar-refractivity contribution in [2.75, 3.05) is 0 Å². The molecular weight excluding hydrogens is 326 g/mol. The van der Waals surface area contributed by atoms with E-state index in [-0.39, 0.29) is 0 Å². The summed E-state index contributed by atoms with van der Waals surface area (Å²) in [4.78, 5) is 0. The van der Waals surface area contributed by atoms with Crippen LogP contribution < -0.4 is 0 Å². The Labute approximate surface area is 65.9 Å². The van der Waals surface area contributed by atoms with Gasteiger partial charge in [-0.05, 0) is 0 Å². The van der Waals surface area contributed by atoms with E-state index >= 15 is 0 Å². The number of allylic oxidation sites excluding steroid dienone is 4. The van der Waals surface area contributed by atoms with E-state index in [1.165, 1.54) is 0 Å². The molecule has 0 heterocycles. The van der Waals surface area contributed by atoms with Crippen LogP contribution in [0.15, 0.2) is 18.2 Å². The van der Waals surface area contributed by atoms with E-state index in [4.69, 9.17) is 18.8 Å². The fourth-order valence-corrected chi connectivity index (χ4v) is 0.340. The van der Waals surface area contributed by atoms with Crippen molar-refractivity contribution in [1.82, 2.24) is 0 Å². The topological polar surface area (TPSA) is 0 Å². The minimum atomic E-state index is -0.472. The molecule has 0 fully saturated rings. The molecule has 0 amide bonds. The molecule has 0 saturated heterocycles. The molecule has 1 aliphatic carbocycles. The molecule has 0 atom stereocenters. The van der Waals surface area contributed by atoms with Gasteiger partial charge in [0.1, 0.15) is 0 Å². The van der Waals surface area contributed by atoms with Crippen LogP contribution in [0, 0.1) is 6.08 Å². The molecule has 0 nitrogen and oxygen atoms in total. The molecule has 0 spiro atoms. The standard InChI is InChI=1S/C5H5.2ClH.Pt/c1-2-4-5-3-1;;;/h1-3H,4H2;2*1H;/q-1;;;+2/p-2. The molecule has 0 aromatic heterocycles. The molecular formula is C5H5Cl2Pt-. The minimum absolute atomic E-state index is 0.472. The van der Waals surface area contributed by atoms with Crippen LogP contribution in [0.1, 0.15) is 6.42 Å². The van der Waals surface area contributed by atoms with Gasteiger partial charge in [-0.15, -0.1) is 6.42 Å². The quantitative estimate of drug-likeness (QED) is 0.599. The van der Waals surface area contributed by atoms with Crippen molar-refractivity contribution in [2.45, 2.75) is 6.42 Å². The van der Waals surface area contributed by atoms with Crippen LogP contribution in [0.5, 0.6) is 0 Å². The van der Waals surface area contributed by atoms with E-state index in [9.17, 15) is 0 Å². The Morgan fingerprint density at radius 2 is 2.12 bits per heavy atom. The first-order chi connectivity index (χ1) is 3.91. The predicted octanol–water partition coefficient (Wildman–Crippen LogP) is 2.68. The average molecular weight is 331 g/mol. The molecule has 3 heteroatoms. The summed E-state index contributed by atoms with van der Waals surface area (Å²) in [7, 11) is 9.75. The van der Waals surface area contributed by atoms with E-state index in [1.54, 1.807) is 0 Å². The van der Waals surface area contributed by atoms with Crippen molar-refractivity contribution in [2.24, 2.45) is 0 Å². The Morgan fingerprint density at radius 1 is 1.50 bits per heavy atom. The van der Waals surface area contributed by atoms with Crippen molar-refractivity contribution in [1.29, 1.82) is 0 Å². The van der Waals surface area contributed by atoms with Crippen molar-refractivity contribution < 1.29 is 16.5 Å². The maximum atomic E-state index is 4.88. The molecule has 50 valence electrons. The van der Waals surface area contributed by atoms with E-state index < -0.39 is 16.5 Å². The van der Waals surface area contributed by atoms with E-state index in [2.05, 4.69) is 12.2 Å². The predicted molar refractivity (Wildman–Crippen MR) is 33.3 cm³/mol. The molecule has 0 aromatic carbocycles. The summed E-state index contributed by atoms with van der Waals surface area (Å²) in [5.74, 6) is 0. The van der Waals surface area contributed by atoms with Crippen molar-refractivity contribution in [3.05, 3.63) is 24.3 Å². The van der Waals surface area contributed by atoms with Gasteiger partial charge < -0.3 is 0 Å². The Kier molecular flexibility index (Phi) is 8.47. The fourth-order valence-electron chi connectivity index (χ4n) is 0.340. The summed E-state index contributed by atoms with van der Waals surface area (Å²) in [5.41, 5.74) is 0. The summed E-state index contributed by atoms with van der Waals surface area (Å²) >= 11 is -0.472. The molecule has 0 saturated carbocycles. The summed E-state index contributed by atoms with van der Waals surface area (Å²) < 4.78 is 0. The SMILES string of the molecule is [C-]1=CC=CC1.[Cl][Pt][Cl]. The third kappa shape index (κ3) is 6.75. The first-order valence-corrected chi connectivity index (χ1v) is 7.59. The van der Waals surface area contributed by atoms with Gasteiger partial charge in [-0.2, -0.15) is 6.08 Å². The third-order valence-electron chi connectivity index (χ3n) is 0.586. The summed E-state index contributed by atoms with van der Waals surface area (Å²) in [6, 6.07) is 0. The van der Waals surface area contributed by atoms with Crippen LogP contribution in [-0.2, 0) is 16.5 Å². The van der Waals surface area contributed by atoms with Gasteiger partial charge in [-0.25, -0.2) is 12.2 Å². The molecule has 0 radical (unpaired) electrons. The van der Waals surface area contributed by atoms with Crippen LogP contribution in [0.2, 0.25) is 0 Å². The van der Waals surface area contributed by atoms with Gasteiger partial charge in [0.15, 0.2) is 0 Å². The zero-order valence-electron chi connectivity index (χ0n) is 4.01. The normalized spacial score (nSPS) is 13.8. The van der Waals surface area contributed by atoms with Gasteiger partial charge in [0, 0.05) is 0 Å². The van der Waals surface area contributed by atoms with Crippen molar-refractivity contribution in [3.63, 3.8) is 0 Å². The zero-order valence-corrected chi connectivity index (χ0v) is 7.80. The maximum absolute atomic E-state index is 4.88. The Balaban J connectivity index is 0.000000145.